The summed E-state index contributed by atoms with van der Waals surface area (Å²) in [7, 11) is 0. The molecule has 1 amide bonds. The molecule has 9 nitrogen and oxygen atoms in total. The molecule has 2 aromatic carbocycles. The maximum Gasteiger partial charge on any atom is 0.355 e. The Morgan fingerprint density at radius 3 is 2.36 bits per heavy atom. The van der Waals surface area contributed by atoms with Crippen LogP contribution in [0.1, 0.15) is 32.0 Å². The number of Topliss-reactive ketones (excluding diaryl/α,β-unsaturated/α-hetero) is 1. The summed E-state index contributed by atoms with van der Waals surface area (Å²) < 4.78 is 6.14. The first kappa shape index (κ1) is 24.0. The van der Waals surface area contributed by atoms with Crippen molar-refractivity contribution in [2.75, 3.05) is 0 Å². The van der Waals surface area contributed by atoms with Crippen LogP contribution in [0.15, 0.2) is 75.6 Å². The van der Waals surface area contributed by atoms with E-state index in [0.717, 1.165) is 10.0 Å². The van der Waals surface area contributed by atoms with Crippen molar-refractivity contribution in [3.8, 4) is 0 Å². The summed E-state index contributed by atoms with van der Waals surface area (Å²) in [5, 5.41) is 16.3. The van der Waals surface area contributed by atoms with E-state index in [2.05, 4.69) is 26.5 Å². The average molecular weight is 530 g/mol. The smallest absolute Gasteiger partial charge is 0.355 e. The topological polar surface area (TPSA) is 128 Å². The van der Waals surface area contributed by atoms with Crippen LogP contribution in [0, 0.1) is 10.1 Å². The first-order chi connectivity index (χ1) is 15.8. The Morgan fingerprint density at radius 1 is 1.06 bits per heavy atom. The molecule has 0 saturated heterocycles. The molecular formula is C22H16BrN3O6S. The standard InChI is InChI=1S/C22H16BrN3O6S/c23-16-7-3-14(4-8-16)13-32-22(29)18(12-19(27)20-2-1-11-33-20)24-25-21(28)15-5-9-17(10-6-15)26(30)31/h1-11H,12-13H2,(H,25,28). The van der Waals surface area contributed by atoms with E-state index in [1.807, 2.05) is 0 Å². The van der Waals surface area contributed by atoms with E-state index in [1.165, 1.54) is 35.6 Å². The van der Waals surface area contributed by atoms with Crippen LogP contribution in [-0.4, -0.2) is 28.3 Å². The van der Waals surface area contributed by atoms with E-state index >= 15 is 0 Å². The lowest BCUT2D eigenvalue weighted by atomic mass is 10.1. The highest BCUT2D eigenvalue weighted by Gasteiger charge is 2.20. The number of nitrogens with one attached hydrogen (secondary N) is 1. The third kappa shape index (κ3) is 6.89. The molecule has 0 aliphatic rings. The average Bonchev–Trinajstić information content (AvgIpc) is 3.36. The number of hydrazone groups is 1. The van der Waals surface area contributed by atoms with Gasteiger partial charge in [0, 0.05) is 22.2 Å². The van der Waals surface area contributed by atoms with Crippen molar-refractivity contribution in [3.05, 3.63) is 96.6 Å². The van der Waals surface area contributed by atoms with Gasteiger partial charge in [-0.2, -0.15) is 5.10 Å². The van der Waals surface area contributed by atoms with Crippen LogP contribution in [0.3, 0.4) is 0 Å². The van der Waals surface area contributed by atoms with Gasteiger partial charge in [0.2, 0.25) is 0 Å². The maximum atomic E-state index is 12.6. The fourth-order valence-corrected chi connectivity index (χ4v) is 3.49. The zero-order valence-corrected chi connectivity index (χ0v) is 19.3. The summed E-state index contributed by atoms with van der Waals surface area (Å²) in [6.45, 7) is -0.0470. The van der Waals surface area contributed by atoms with Crippen molar-refractivity contribution in [1.29, 1.82) is 0 Å². The van der Waals surface area contributed by atoms with Gasteiger partial charge in [-0.05, 0) is 41.3 Å². The predicted octanol–water partition coefficient (Wildman–Crippen LogP) is 4.52. The van der Waals surface area contributed by atoms with Gasteiger partial charge < -0.3 is 4.74 Å². The van der Waals surface area contributed by atoms with Gasteiger partial charge in [0.1, 0.15) is 6.61 Å². The number of carbonyl (C=O) groups excluding carboxylic acids is 3. The minimum atomic E-state index is -0.855. The highest BCUT2D eigenvalue weighted by Crippen LogP contribution is 2.14. The fourth-order valence-electron chi connectivity index (χ4n) is 2.56. The number of thiophene rings is 1. The minimum Gasteiger partial charge on any atom is -0.456 e. The molecule has 0 bridgehead atoms. The maximum absolute atomic E-state index is 12.6. The van der Waals surface area contributed by atoms with Gasteiger partial charge in [0.15, 0.2) is 11.5 Å². The van der Waals surface area contributed by atoms with Gasteiger partial charge in [-0.15, -0.1) is 11.3 Å². The number of hydrogen-bond acceptors (Lipinski definition) is 8. The number of rotatable bonds is 9. The van der Waals surface area contributed by atoms with Gasteiger partial charge >= 0.3 is 5.97 Å². The summed E-state index contributed by atoms with van der Waals surface area (Å²) >= 11 is 4.54. The molecule has 0 aliphatic heterocycles. The van der Waals surface area contributed by atoms with Crippen molar-refractivity contribution in [2.24, 2.45) is 5.10 Å². The number of non-ortho nitro benzene ring substituents is 1. The quantitative estimate of drug-likeness (QED) is 0.142. The monoisotopic (exact) mass is 529 g/mol. The minimum absolute atomic E-state index is 0.0470. The number of ketones is 1. The second-order valence-electron chi connectivity index (χ2n) is 6.58. The number of ether oxygens (including phenoxy) is 1. The number of hydrogen-bond donors (Lipinski definition) is 1. The van der Waals surface area contributed by atoms with Crippen LogP contribution in [0.2, 0.25) is 0 Å². The Labute approximate surface area is 200 Å². The molecule has 1 N–H and O–H groups in total. The molecule has 1 heterocycles. The number of nitrogens with zero attached hydrogens (tertiary/aromatic N) is 2. The Kier molecular flexibility index (Phi) is 8.17. The van der Waals surface area contributed by atoms with Gasteiger partial charge in [0.25, 0.3) is 11.6 Å². The van der Waals surface area contributed by atoms with Gasteiger partial charge in [0.05, 0.1) is 16.2 Å². The van der Waals surface area contributed by atoms with Crippen molar-refractivity contribution in [3.63, 3.8) is 0 Å². The second-order valence-corrected chi connectivity index (χ2v) is 8.45. The SMILES string of the molecule is O=C(OCc1ccc(Br)cc1)C(CC(=O)c1cccs1)=NNC(=O)c1ccc([N+](=O)[O-])cc1. The van der Waals surface area contributed by atoms with E-state index in [9.17, 15) is 24.5 Å². The molecule has 0 aliphatic carbocycles. The number of halogens is 1. The van der Waals surface area contributed by atoms with Crippen LogP contribution in [0.5, 0.6) is 0 Å². The van der Waals surface area contributed by atoms with Crippen LogP contribution >= 0.6 is 27.3 Å². The summed E-state index contributed by atoms with van der Waals surface area (Å²) in [5.74, 6) is -1.91. The molecule has 168 valence electrons. The number of amides is 1. The summed E-state index contributed by atoms with van der Waals surface area (Å²) in [6, 6.07) is 15.3. The lowest BCUT2D eigenvalue weighted by molar-refractivity contribution is -0.384. The van der Waals surface area contributed by atoms with Crippen LogP contribution < -0.4 is 5.43 Å². The second kappa shape index (κ2) is 11.2. The molecule has 0 saturated carbocycles. The molecule has 0 radical (unpaired) electrons. The third-order valence-corrected chi connectivity index (χ3v) is 5.72. The van der Waals surface area contributed by atoms with E-state index in [0.29, 0.717) is 4.88 Å². The number of benzene rings is 2. The zero-order chi connectivity index (χ0) is 23.8. The Bertz CT molecular complexity index is 1190. The molecule has 1 aromatic heterocycles. The summed E-state index contributed by atoms with van der Waals surface area (Å²) in [6.07, 6.45) is -0.375. The Balaban J connectivity index is 1.73. The predicted molar refractivity (Wildman–Crippen MR) is 125 cm³/mol. The fraction of sp³-hybridized carbons (Fsp3) is 0.0909. The number of carbonyl (C=O) groups is 3. The van der Waals surface area contributed by atoms with Crippen LogP contribution in [0.25, 0.3) is 0 Å². The molecule has 0 unspecified atom stereocenters. The van der Waals surface area contributed by atoms with E-state index in [1.54, 1.807) is 41.8 Å². The van der Waals surface area contributed by atoms with E-state index in [4.69, 9.17) is 4.74 Å². The molecule has 0 spiro atoms. The zero-order valence-electron chi connectivity index (χ0n) is 16.9. The number of esters is 1. The van der Waals surface area contributed by atoms with Crippen molar-refractivity contribution < 1.29 is 24.0 Å². The van der Waals surface area contributed by atoms with Crippen molar-refractivity contribution in [2.45, 2.75) is 13.0 Å². The molecule has 0 fully saturated rings. The summed E-state index contributed by atoms with van der Waals surface area (Å²) in [5.41, 5.74) is 2.58. The van der Waals surface area contributed by atoms with Gasteiger partial charge in [-0.3, -0.25) is 19.7 Å². The molecule has 3 rings (SSSR count). The largest absolute Gasteiger partial charge is 0.456 e. The lowest BCUT2D eigenvalue weighted by Crippen LogP contribution is -2.26. The molecule has 11 heteroatoms. The number of nitro groups is 1. The van der Waals surface area contributed by atoms with E-state index in [-0.39, 0.29) is 35.8 Å². The van der Waals surface area contributed by atoms with Gasteiger partial charge in [-0.25, -0.2) is 10.2 Å². The highest BCUT2D eigenvalue weighted by molar-refractivity contribution is 9.10. The molecular weight excluding hydrogens is 514 g/mol. The number of nitro benzene ring substituents is 1. The first-order valence-electron chi connectivity index (χ1n) is 9.43. The Morgan fingerprint density at radius 2 is 1.76 bits per heavy atom. The highest BCUT2D eigenvalue weighted by atomic mass is 79.9. The first-order valence-corrected chi connectivity index (χ1v) is 11.1. The van der Waals surface area contributed by atoms with Crippen molar-refractivity contribution in [1.82, 2.24) is 5.43 Å². The molecule has 33 heavy (non-hydrogen) atoms. The van der Waals surface area contributed by atoms with E-state index < -0.39 is 16.8 Å². The van der Waals surface area contributed by atoms with Crippen LogP contribution in [0.4, 0.5) is 5.69 Å². The lowest BCUT2D eigenvalue weighted by Gasteiger charge is -2.08. The normalized spacial score (nSPS) is 11.0. The van der Waals surface area contributed by atoms with Gasteiger partial charge in [-0.1, -0.05) is 34.1 Å². The van der Waals surface area contributed by atoms with Crippen molar-refractivity contribution >= 4 is 56.3 Å². The summed E-state index contributed by atoms with van der Waals surface area (Å²) in [4.78, 5) is 48.1. The molecule has 3 aromatic rings. The molecule has 0 atom stereocenters. The Hall–Kier alpha value is -3.70. The van der Waals surface area contributed by atoms with Crippen LogP contribution in [-0.2, 0) is 16.1 Å². The third-order valence-electron chi connectivity index (χ3n) is 4.28.